The van der Waals surface area contributed by atoms with Crippen LogP contribution < -0.4 is 10.1 Å². The molecule has 10 heteroatoms. The lowest BCUT2D eigenvalue weighted by molar-refractivity contribution is 0.588. The van der Waals surface area contributed by atoms with E-state index in [1.165, 1.54) is 0 Å². The van der Waals surface area contributed by atoms with E-state index < -0.39 is 10.0 Å². The number of amidine groups is 1. The number of aliphatic imine (C=N–C) groups is 1. The molecule has 0 fully saturated rings. The van der Waals surface area contributed by atoms with Gasteiger partial charge < -0.3 is 0 Å². The lowest BCUT2D eigenvalue weighted by Gasteiger charge is -2.13. The molecule has 1 aromatic carbocycles. The number of nitrogens with zero attached hydrogens (tertiary/aromatic N) is 2. The van der Waals surface area contributed by atoms with Gasteiger partial charge in [0.05, 0.1) is 27.6 Å². The van der Waals surface area contributed by atoms with Crippen molar-refractivity contribution in [1.82, 2.24) is 10.1 Å². The van der Waals surface area contributed by atoms with Gasteiger partial charge in [-0.05, 0) is 30.7 Å². The van der Waals surface area contributed by atoms with E-state index in [0.29, 0.717) is 34.6 Å². The molecule has 1 aromatic heterocycles. The fourth-order valence-electron chi connectivity index (χ4n) is 2.18. The quantitative estimate of drug-likeness (QED) is 0.739. The smallest absolute Gasteiger partial charge is 0.208 e. The maximum absolute atomic E-state index is 11.1. The van der Waals surface area contributed by atoms with Crippen molar-refractivity contribution in [2.75, 3.05) is 18.6 Å². The SMILES string of the molecule is CS(=O)(=O)NCCc1ccc(C2=NNC(=Nc3ccccc3Cl)SC2)s1. The average Bonchev–Trinajstić information content (AvgIpc) is 3.05. The van der Waals surface area contributed by atoms with Gasteiger partial charge in [-0.15, -0.1) is 11.3 Å². The Morgan fingerprint density at radius 1 is 1.31 bits per heavy atom. The summed E-state index contributed by atoms with van der Waals surface area (Å²) in [6.45, 7) is 0.396. The van der Waals surface area contributed by atoms with E-state index in [9.17, 15) is 8.42 Å². The van der Waals surface area contributed by atoms with Gasteiger partial charge in [-0.3, -0.25) is 5.43 Å². The fraction of sp³-hybridized carbons (Fsp3) is 0.250. The van der Waals surface area contributed by atoms with Gasteiger partial charge in [0.2, 0.25) is 10.0 Å². The average molecular weight is 429 g/mol. The third-order valence-electron chi connectivity index (χ3n) is 3.39. The summed E-state index contributed by atoms with van der Waals surface area (Å²) in [7, 11) is -3.15. The summed E-state index contributed by atoms with van der Waals surface area (Å²) in [6.07, 6.45) is 1.82. The Morgan fingerprint density at radius 3 is 2.81 bits per heavy atom. The molecule has 0 saturated carbocycles. The number of thioether (sulfide) groups is 1. The van der Waals surface area contributed by atoms with E-state index in [1.54, 1.807) is 29.2 Å². The third kappa shape index (κ3) is 5.55. The maximum atomic E-state index is 11.1. The molecular weight excluding hydrogens is 412 g/mol. The molecule has 3 rings (SSSR count). The molecule has 2 heterocycles. The van der Waals surface area contributed by atoms with Crippen LogP contribution >= 0.6 is 34.7 Å². The van der Waals surface area contributed by atoms with Gasteiger partial charge in [0.1, 0.15) is 0 Å². The largest absolute Gasteiger partial charge is 0.255 e. The topological polar surface area (TPSA) is 82.9 Å². The molecule has 0 amide bonds. The van der Waals surface area contributed by atoms with Crippen LogP contribution in [0.25, 0.3) is 0 Å². The molecule has 2 N–H and O–H groups in total. The first-order chi connectivity index (χ1) is 12.4. The van der Waals surface area contributed by atoms with Crippen molar-refractivity contribution < 1.29 is 8.42 Å². The number of nitrogens with one attached hydrogen (secondary N) is 2. The van der Waals surface area contributed by atoms with Crippen LogP contribution in [0.1, 0.15) is 9.75 Å². The second-order valence-corrected chi connectivity index (χ2v) is 9.88. The van der Waals surface area contributed by atoms with Gasteiger partial charge in [-0.25, -0.2) is 18.1 Å². The van der Waals surface area contributed by atoms with Crippen LogP contribution in [0.15, 0.2) is 46.5 Å². The van der Waals surface area contributed by atoms with Gasteiger partial charge in [0, 0.05) is 17.2 Å². The second kappa shape index (κ2) is 8.53. The highest BCUT2D eigenvalue weighted by Gasteiger charge is 2.15. The Balaban J connectivity index is 1.62. The Morgan fingerprint density at radius 2 is 2.12 bits per heavy atom. The number of hydrazone groups is 1. The van der Waals surface area contributed by atoms with E-state index >= 15 is 0 Å². The Bertz CT molecular complexity index is 954. The van der Waals surface area contributed by atoms with Gasteiger partial charge in [-0.1, -0.05) is 35.5 Å². The number of benzene rings is 1. The van der Waals surface area contributed by atoms with Gasteiger partial charge in [0.15, 0.2) is 5.17 Å². The van der Waals surface area contributed by atoms with Crippen LogP contribution in [0, 0.1) is 0 Å². The molecular formula is C16H17ClN4O2S3. The predicted molar refractivity (Wildman–Crippen MR) is 112 cm³/mol. The first-order valence-corrected chi connectivity index (χ1v) is 11.8. The van der Waals surface area contributed by atoms with Crippen LogP contribution in [0.5, 0.6) is 0 Å². The number of thiophene rings is 1. The number of para-hydroxylation sites is 1. The number of hydrogen-bond acceptors (Lipinski definition) is 6. The summed E-state index contributed by atoms with van der Waals surface area (Å²) in [5.74, 6) is 0.706. The second-order valence-electron chi connectivity index (χ2n) is 5.51. The van der Waals surface area contributed by atoms with E-state index in [2.05, 4.69) is 20.2 Å². The lowest BCUT2D eigenvalue weighted by Crippen LogP contribution is -2.24. The molecule has 6 nitrogen and oxygen atoms in total. The monoisotopic (exact) mass is 428 g/mol. The molecule has 0 unspecified atom stereocenters. The van der Waals surface area contributed by atoms with Crippen molar-refractivity contribution >= 4 is 61.3 Å². The minimum atomic E-state index is -3.15. The minimum Gasteiger partial charge on any atom is -0.255 e. The fourth-order valence-corrected chi connectivity index (χ4v) is 4.68. The summed E-state index contributed by atoms with van der Waals surface area (Å²) in [5.41, 5.74) is 4.63. The van der Waals surface area contributed by atoms with Crippen molar-refractivity contribution in [3.8, 4) is 0 Å². The molecule has 0 radical (unpaired) electrons. The molecule has 138 valence electrons. The van der Waals surface area contributed by atoms with Crippen molar-refractivity contribution in [3.05, 3.63) is 51.2 Å². The molecule has 1 aliphatic rings. The van der Waals surface area contributed by atoms with Gasteiger partial charge in [0.25, 0.3) is 0 Å². The molecule has 0 aliphatic carbocycles. The Labute approximate surface area is 165 Å². The van der Waals surface area contributed by atoms with Crippen LogP contribution in [0.4, 0.5) is 5.69 Å². The van der Waals surface area contributed by atoms with Gasteiger partial charge >= 0.3 is 0 Å². The first-order valence-electron chi connectivity index (χ1n) is 7.73. The van der Waals surface area contributed by atoms with Crippen LogP contribution in [-0.4, -0.2) is 37.9 Å². The summed E-state index contributed by atoms with van der Waals surface area (Å²) < 4.78 is 24.7. The summed E-state index contributed by atoms with van der Waals surface area (Å²) in [6, 6.07) is 11.4. The van der Waals surface area contributed by atoms with E-state index in [1.807, 2.05) is 30.3 Å². The Kier molecular flexibility index (Phi) is 6.36. The predicted octanol–water partition coefficient (Wildman–Crippen LogP) is 3.22. The maximum Gasteiger partial charge on any atom is 0.208 e. The number of hydrogen-bond donors (Lipinski definition) is 2. The zero-order valence-electron chi connectivity index (χ0n) is 13.9. The van der Waals surface area contributed by atoms with Crippen molar-refractivity contribution in [2.24, 2.45) is 10.1 Å². The van der Waals surface area contributed by atoms with Crippen molar-refractivity contribution in [2.45, 2.75) is 6.42 Å². The molecule has 26 heavy (non-hydrogen) atoms. The zero-order chi connectivity index (χ0) is 18.6. The lowest BCUT2D eigenvalue weighted by atomic mass is 10.3. The minimum absolute atomic E-state index is 0.396. The van der Waals surface area contributed by atoms with E-state index in [4.69, 9.17) is 11.6 Å². The summed E-state index contributed by atoms with van der Waals surface area (Å²) in [4.78, 5) is 6.66. The number of halogens is 1. The Hall–Kier alpha value is -1.39. The van der Waals surface area contributed by atoms with Crippen molar-refractivity contribution in [1.29, 1.82) is 0 Å². The van der Waals surface area contributed by atoms with Crippen molar-refractivity contribution in [3.63, 3.8) is 0 Å². The van der Waals surface area contributed by atoms with Gasteiger partial charge in [-0.2, -0.15) is 5.10 Å². The van der Waals surface area contributed by atoms with E-state index in [0.717, 1.165) is 21.7 Å². The highest BCUT2D eigenvalue weighted by atomic mass is 35.5. The zero-order valence-corrected chi connectivity index (χ0v) is 17.1. The highest BCUT2D eigenvalue weighted by Crippen LogP contribution is 2.27. The van der Waals surface area contributed by atoms with Crippen LogP contribution in [0.2, 0.25) is 5.02 Å². The highest BCUT2D eigenvalue weighted by molar-refractivity contribution is 8.14. The molecule has 1 aliphatic heterocycles. The summed E-state index contributed by atoms with van der Waals surface area (Å²) in [5, 5.41) is 5.72. The normalized spacial score (nSPS) is 16.4. The standard InChI is InChI=1S/C16H17ClN4O2S3/c1-26(22,23)18-9-8-11-6-7-15(25-11)14-10-24-16(21-20-14)19-13-5-3-2-4-12(13)17/h2-7,18H,8-10H2,1H3,(H,19,21). The number of sulfonamides is 1. The molecule has 0 spiro atoms. The van der Waals surface area contributed by atoms with E-state index in [-0.39, 0.29) is 0 Å². The molecule has 0 bridgehead atoms. The number of rotatable bonds is 6. The van der Waals surface area contributed by atoms with Crippen LogP contribution in [0.3, 0.4) is 0 Å². The van der Waals surface area contributed by atoms with Crippen LogP contribution in [-0.2, 0) is 16.4 Å². The molecule has 0 atom stereocenters. The molecule has 0 saturated heterocycles. The first kappa shape index (κ1) is 19.4. The third-order valence-corrected chi connectivity index (χ3v) is 6.50. The molecule has 2 aromatic rings. The summed E-state index contributed by atoms with van der Waals surface area (Å²) >= 11 is 9.30.